The lowest BCUT2D eigenvalue weighted by Gasteiger charge is -2.30. The molecule has 0 heterocycles. The van der Waals surface area contributed by atoms with Crippen molar-refractivity contribution in [3.63, 3.8) is 0 Å². The van der Waals surface area contributed by atoms with Gasteiger partial charge in [0.15, 0.2) is 4.90 Å². The Hall–Kier alpha value is -1.47. The second kappa shape index (κ2) is 7.34. The highest BCUT2D eigenvalue weighted by molar-refractivity contribution is 7.96. The van der Waals surface area contributed by atoms with Crippen LogP contribution in [0.15, 0.2) is 82.8 Å². The number of rotatable bonds is 2. The van der Waals surface area contributed by atoms with E-state index < -0.39 is 0 Å². The molecule has 3 aliphatic rings. The van der Waals surface area contributed by atoms with Gasteiger partial charge in [0.1, 0.15) is 11.5 Å². The van der Waals surface area contributed by atoms with Gasteiger partial charge < -0.3 is 0 Å². The van der Waals surface area contributed by atoms with Crippen LogP contribution in [0.3, 0.4) is 0 Å². The summed E-state index contributed by atoms with van der Waals surface area (Å²) in [7, 11) is 0.214. The minimum Gasteiger partial charge on any atom is -0.0797 e. The van der Waals surface area contributed by atoms with Crippen LogP contribution < -0.4 is 0 Å². The van der Waals surface area contributed by atoms with E-state index in [-0.39, 0.29) is 21.7 Å². The molecular formula is C28H37S+. The highest BCUT2D eigenvalue weighted by atomic mass is 32.2. The summed E-state index contributed by atoms with van der Waals surface area (Å²) in [5, 5.41) is 0.664. The van der Waals surface area contributed by atoms with Gasteiger partial charge in [-0.25, -0.2) is 0 Å². The van der Waals surface area contributed by atoms with Crippen LogP contribution in [0.4, 0.5) is 0 Å². The molecule has 0 amide bonds. The third-order valence-electron chi connectivity index (χ3n) is 7.09. The van der Waals surface area contributed by atoms with E-state index in [2.05, 4.69) is 115 Å². The number of fused-ring (bicyclic) bond motifs is 3. The first-order valence-corrected chi connectivity index (χ1v) is 12.8. The van der Waals surface area contributed by atoms with Gasteiger partial charge in [0.25, 0.3) is 0 Å². The number of hydrogen-bond acceptors (Lipinski definition) is 0. The van der Waals surface area contributed by atoms with Gasteiger partial charge in [-0.1, -0.05) is 96.2 Å². The Labute approximate surface area is 181 Å². The van der Waals surface area contributed by atoms with Gasteiger partial charge in [-0.15, -0.1) is 0 Å². The average Bonchev–Trinajstić information content (AvgIpc) is 2.99. The molecule has 0 nitrogen and oxygen atoms in total. The van der Waals surface area contributed by atoms with Gasteiger partial charge in [-0.2, -0.15) is 0 Å². The maximum atomic E-state index is 2.65. The van der Waals surface area contributed by atoms with E-state index in [1.165, 1.54) is 16.0 Å². The maximum absolute atomic E-state index is 2.65. The summed E-state index contributed by atoms with van der Waals surface area (Å²) < 4.78 is 0. The fourth-order valence-corrected chi connectivity index (χ4v) is 7.72. The van der Waals surface area contributed by atoms with Gasteiger partial charge in [0.05, 0.1) is 0 Å². The zero-order chi connectivity index (χ0) is 21.0. The first-order chi connectivity index (χ1) is 13.6. The van der Waals surface area contributed by atoms with E-state index in [0.717, 1.165) is 0 Å². The summed E-state index contributed by atoms with van der Waals surface area (Å²) in [5.74, 6) is 2.50. The van der Waals surface area contributed by atoms with E-state index in [0.29, 0.717) is 28.9 Å². The van der Waals surface area contributed by atoms with Gasteiger partial charge in [0.2, 0.25) is 0 Å². The Kier molecular flexibility index (Phi) is 5.26. The van der Waals surface area contributed by atoms with Crippen molar-refractivity contribution in [2.24, 2.45) is 34.5 Å². The van der Waals surface area contributed by atoms with E-state index in [9.17, 15) is 0 Å². The van der Waals surface area contributed by atoms with Crippen LogP contribution in [0, 0.1) is 34.5 Å². The molecule has 29 heavy (non-hydrogen) atoms. The molecule has 0 bridgehead atoms. The zero-order valence-corrected chi connectivity index (χ0v) is 20.0. The molecule has 5 unspecified atom stereocenters. The van der Waals surface area contributed by atoms with Gasteiger partial charge >= 0.3 is 0 Å². The summed E-state index contributed by atoms with van der Waals surface area (Å²) in [5.41, 5.74) is 3.44. The minimum absolute atomic E-state index is 0.209. The molecule has 0 saturated heterocycles. The fraction of sp³-hybridized carbons (Fsp3) is 0.500. The highest BCUT2D eigenvalue weighted by Crippen LogP contribution is 2.54. The molecule has 1 saturated carbocycles. The van der Waals surface area contributed by atoms with Crippen LogP contribution in [0.5, 0.6) is 0 Å². The number of hydrogen-bond donors (Lipinski definition) is 0. The van der Waals surface area contributed by atoms with Crippen molar-refractivity contribution < 1.29 is 0 Å². The highest BCUT2D eigenvalue weighted by Gasteiger charge is 2.55. The second-order valence-corrected chi connectivity index (χ2v) is 13.2. The van der Waals surface area contributed by atoms with E-state index in [4.69, 9.17) is 0 Å². The molecule has 4 rings (SSSR count). The van der Waals surface area contributed by atoms with Crippen LogP contribution >= 0.6 is 0 Å². The Morgan fingerprint density at radius 2 is 1.10 bits per heavy atom. The largest absolute Gasteiger partial charge is 0.154 e. The molecule has 1 fully saturated rings. The summed E-state index contributed by atoms with van der Waals surface area (Å²) in [6.45, 7) is 14.1. The summed E-state index contributed by atoms with van der Waals surface area (Å²) in [6, 6.07) is 11.2. The Balaban J connectivity index is 1.79. The molecule has 1 aromatic carbocycles. The number of allylic oxidation sites excluding steroid dienone is 8. The Bertz CT molecular complexity index is 817. The molecule has 0 spiro atoms. The fourth-order valence-electron chi connectivity index (χ4n) is 5.35. The van der Waals surface area contributed by atoms with Crippen LogP contribution in [0.25, 0.3) is 0 Å². The first-order valence-electron chi connectivity index (χ1n) is 11.1. The van der Waals surface area contributed by atoms with Crippen molar-refractivity contribution in [2.45, 2.75) is 51.7 Å². The van der Waals surface area contributed by atoms with E-state index >= 15 is 0 Å². The van der Waals surface area contributed by atoms with Crippen molar-refractivity contribution in [1.82, 2.24) is 0 Å². The van der Waals surface area contributed by atoms with Crippen LogP contribution in [0.2, 0.25) is 0 Å². The molecule has 1 aromatic rings. The molecule has 1 heteroatoms. The lowest BCUT2D eigenvalue weighted by molar-refractivity contribution is 0.433. The molecule has 3 aliphatic carbocycles. The van der Waals surface area contributed by atoms with Crippen molar-refractivity contribution in [3.8, 4) is 0 Å². The normalized spacial score (nSPS) is 32.3. The standard InChI is InChI=1S/C28H37S/c1-27(2,3)19-13-15-22-23-16-14-20(28(4,5)6)18-25(23)26(24(22)17-19)29(7)21-11-9-8-10-12-21/h8-18,22-26H,1-7H3/q+1. The minimum atomic E-state index is 0.209. The quantitative estimate of drug-likeness (QED) is 0.455. The van der Waals surface area contributed by atoms with E-state index in [1.54, 1.807) is 0 Å². The van der Waals surface area contributed by atoms with Crippen molar-refractivity contribution in [2.75, 3.05) is 6.26 Å². The van der Waals surface area contributed by atoms with Crippen LogP contribution in [0.1, 0.15) is 41.5 Å². The SMILES string of the molecule is C[S+](c1ccccc1)C1C2C=C(C(C)(C)C)C=CC2C2C=CC(C(C)(C)C)=CC21. The summed E-state index contributed by atoms with van der Waals surface area (Å²) in [4.78, 5) is 1.51. The molecule has 5 atom stereocenters. The first kappa shape index (κ1) is 20.8. The van der Waals surface area contributed by atoms with Crippen LogP contribution in [-0.2, 0) is 10.9 Å². The smallest absolute Gasteiger partial charge is 0.0797 e. The van der Waals surface area contributed by atoms with E-state index in [1.807, 2.05) is 0 Å². The zero-order valence-electron chi connectivity index (χ0n) is 19.1. The molecule has 0 aromatic heterocycles. The molecule has 0 aliphatic heterocycles. The average molecular weight is 406 g/mol. The Morgan fingerprint density at radius 3 is 1.52 bits per heavy atom. The molecule has 0 N–H and O–H groups in total. The summed E-state index contributed by atoms with van der Waals surface area (Å²) in [6.07, 6.45) is 17.7. The summed E-state index contributed by atoms with van der Waals surface area (Å²) >= 11 is 0. The topological polar surface area (TPSA) is 0 Å². The molecular weight excluding hydrogens is 368 g/mol. The van der Waals surface area contributed by atoms with Crippen molar-refractivity contribution in [1.29, 1.82) is 0 Å². The van der Waals surface area contributed by atoms with Gasteiger partial charge in [-0.05, 0) is 45.9 Å². The second-order valence-electron chi connectivity index (χ2n) is 11.1. The lowest BCUT2D eigenvalue weighted by atomic mass is 9.74. The third kappa shape index (κ3) is 3.83. The third-order valence-corrected chi connectivity index (χ3v) is 9.55. The van der Waals surface area contributed by atoms with Gasteiger partial charge in [0, 0.05) is 22.7 Å². The Morgan fingerprint density at radius 1 is 0.655 bits per heavy atom. The maximum Gasteiger partial charge on any atom is 0.154 e. The van der Waals surface area contributed by atoms with Crippen molar-refractivity contribution >= 4 is 10.9 Å². The number of benzene rings is 1. The molecule has 154 valence electrons. The van der Waals surface area contributed by atoms with Gasteiger partial charge in [-0.3, -0.25) is 0 Å². The predicted molar refractivity (Wildman–Crippen MR) is 129 cm³/mol. The van der Waals surface area contributed by atoms with Crippen LogP contribution in [-0.4, -0.2) is 11.5 Å². The molecule has 0 radical (unpaired) electrons. The lowest BCUT2D eigenvalue weighted by Crippen LogP contribution is -2.33. The monoisotopic (exact) mass is 405 g/mol. The predicted octanol–water partition coefficient (Wildman–Crippen LogP) is 7.23. The van der Waals surface area contributed by atoms with Crippen molar-refractivity contribution in [3.05, 3.63) is 77.9 Å².